The van der Waals surface area contributed by atoms with Gasteiger partial charge in [-0.2, -0.15) is 0 Å². The summed E-state index contributed by atoms with van der Waals surface area (Å²) in [4.78, 5) is 23.4. The lowest BCUT2D eigenvalue weighted by Gasteiger charge is -2.27. The van der Waals surface area contributed by atoms with Crippen LogP contribution in [0.4, 0.5) is 0 Å². The molecule has 0 aromatic carbocycles. The van der Waals surface area contributed by atoms with Gasteiger partial charge in [-0.05, 0) is 32.8 Å². The molecule has 2 heterocycles. The molecule has 0 aromatic rings. The van der Waals surface area contributed by atoms with E-state index >= 15 is 0 Å². The topological polar surface area (TPSA) is 65.1 Å². The van der Waals surface area contributed by atoms with Crippen LogP contribution in [0.15, 0.2) is 23.8 Å². The molecule has 2 saturated heterocycles. The summed E-state index contributed by atoms with van der Waals surface area (Å²) in [5, 5.41) is 0. The molecule has 0 amide bonds. The van der Waals surface area contributed by atoms with Crippen LogP contribution in [0.25, 0.3) is 0 Å². The lowest BCUT2D eigenvalue weighted by molar-refractivity contribution is -0.147. The van der Waals surface area contributed by atoms with Gasteiger partial charge in [0, 0.05) is 18.9 Å². The quantitative estimate of drug-likeness (QED) is 0.322. The fraction of sp³-hybridized carbons (Fsp3) is 0.647. The van der Waals surface area contributed by atoms with Crippen molar-refractivity contribution >= 4 is 11.9 Å². The van der Waals surface area contributed by atoms with Crippen molar-refractivity contribution in [2.24, 2.45) is 5.92 Å². The largest absolute Gasteiger partial charge is 0.458 e. The Labute approximate surface area is 130 Å². The third-order valence-electron chi connectivity index (χ3n) is 4.87. The first-order chi connectivity index (χ1) is 10.3. The normalized spacial score (nSPS) is 43.3. The van der Waals surface area contributed by atoms with Gasteiger partial charge in [-0.3, -0.25) is 4.79 Å². The summed E-state index contributed by atoms with van der Waals surface area (Å²) in [6.07, 6.45) is 3.68. The highest BCUT2D eigenvalue weighted by molar-refractivity contribution is 5.91. The maximum Gasteiger partial charge on any atom is 0.334 e. The molecule has 0 bridgehead atoms. The van der Waals surface area contributed by atoms with Crippen LogP contribution in [0, 0.1) is 5.92 Å². The number of hydrogen-bond donors (Lipinski definition) is 0. The Kier molecular flexibility index (Phi) is 3.63. The number of hydrogen-bond acceptors (Lipinski definition) is 5. The van der Waals surface area contributed by atoms with Gasteiger partial charge in [-0.15, -0.1) is 0 Å². The van der Waals surface area contributed by atoms with Crippen molar-refractivity contribution in [3.63, 3.8) is 0 Å². The first-order valence-corrected chi connectivity index (χ1v) is 7.72. The summed E-state index contributed by atoms with van der Waals surface area (Å²) in [5.74, 6) is -1.12. The zero-order chi connectivity index (χ0) is 16.1. The Morgan fingerprint density at radius 2 is 2.23 bits per heavy atom. The van der Waals surface area contributed by atoms with Crippen LogP contribution in [-0.2, 0) is 23.8 Å². The van der Waals surface area contributed by atoms with E-state index in [9.17, 15) is 9.59 Å². The van der Waals surface area contributed by atoms with Crippen LogP contribution in [-0.4, -0.2) is 35.9 Å². The van der Waals surface area contributed by atoms with Gasteiger partial charge in [0.2, 0.25) is 0 Å². The Morgan fingerprint density at radius 1 is 1.50 bits per heavy atom. The minimum atomic E-state index is -0.514. The molecular weight excluding hydrogens is 284 g/mol. The van der Waals surface area contributed by atoms with Crippen molar-refractivity contribution in [2.45, 2.75) is 63.9 Å². The Hall–Kier alpha value is -1.62. The molecule has 5 nitrogen and oxygen atoms in total. The summed E-state index contributed by atoms with van der Waals surface area (Å²) in [6.45, 7) is 9.28. The molecule has 3 aliphatic rings. The second kappa shape index (κ2) is 5.23. The van der Waals surface area contributed by atoms with E-state index in [1.807, 2.05) is 19.9 Å². The summed E-state index contributed by atoms with van der Waals surface area (Å²) in [6, 6.07) is 0. The lowest BCUT2D eigenvalue weighted by Crippen LogP contribution is -2.35. The number of fused-ring (bicyclic) bond motifs is 2. The molecule has 2 aliphatic heterocycles. The minimum Gasteiger partial charge on any atom is -0.458 e. The van der Waals surface area contributed by atoms with Crippen molar-refractivity contribution in [3.8, 4) is 0 Å². The maximum atomic E-state index is 12.0. The average Bonchev–Trinajstić information content (AvgIpc) is 2.96. The Morgan fingerprint density at radius 3 is 2.91 bits per heavy atom. The molecule has 0 saturated carbocycles. The van der Waals surface area contributed by atoms with E-state index in [1.54, 1.807) is 0 Å². The number of carbonyl (C=O) groups excluding carboxylic acids is 2. The zero-order valence-electron chi connectivity index (χ0n) is 13.3. The molecule has 1 aliphatic carbocycles. The average molecular weight is 306 g/mol. The number of rotatable bonds is 1. The van der Waals surface area contributed by atoms with Crippen molar-refractivity contribution < 1.29 is 23.8 Å². The van der Waals surface area contributed by atoms with E-state index < -0.39 is 12.1 Å². The molecule has 0 N–H and O–H groups in total. The number of allylic oxidation sites excluding steroid dienone is 1. The zero-order valence-corrected chi connectivity index (χ0v) is 13.3. The minimum absolute atomic E-state index is 0.203. The highest BCUT2D eigenvalue weighted by Gasteiger charge is 2.57. The molecule has 22 heavy (non-hydrogen) atoms. The van der Waals surface area contributed by atoms with Crippen LogP contribution >= 0.6 is 0 Å². The fourth-order valence-electron chi connectivity index (χ4n) is 3.58. The first kappa shape index (κ1) is 15.3. The van der Waals surface area contributed by atoms with E-state index in [4.69, 9.17) is 14.2 Å². The smallest absolute Gasteiger partial charge is 0.334 e. The Balaban J connectivity index is 1.95. The molecule has 0 aromatic heterocycles. The molecule has 0 spiro atoms. The van der Waals surface area contributed by atoms with Crippen molar-refractivity contribution in [1.29, 1.82) is 0 Å². The second-order valence-corrected chi connectivity index (χ2v) is 6.74. The van der Waals surface area contributed by atoms with Crippen molar-refractivity contribution in [2.75, 3.05) is 0 Å². The van der Waals surface area contributed by atoms with Gasteiger partial charge in [-0.25, -0.2) is 4.79 Å². The third kappa shape index (κ3) is 2.70. The number of esters is 2. The highest BCUT2D eigenvalue weighted by Crippen LogP contribution is 2.48. The van der Waals surface area contributed by atoms with E-state index in [2.05, 4.69) is 6.58 Å². The SMILES string of the molecule is C=C1C(=O)O[C@H]2C[C@@]3(C)O[C@@H]3CC/C(C)=C\[C@@H](OC(C)=O)[C@H]12. The summed E-state index contributed by atoms with van der Waals surface area (Å²) in [5.41, 5.74) is 1.24. The predicted molar refractivity (Wildman–Crippen MR) is 79.0 cm³/mol. The van der Waals surface area contributed by atoms with Gasteiger partial charge >= 0.3 is 11.9 Å². The van der Waals surface area contributed by atoms with E-state index in [1.165, 1.54) is 6.92 Å². The van der Waals surface area contributed by atoms with Crippen LogP contribution in [0.3, 0.4) is 0 Å². The van der Waals surface area contributed by atoms with Crippen LogP contribution in [0.1, 0.15) is 40.0 Å². The van der Waals surface area contributed by atoms with E-state index in [0.29, 0.717) is 12.0 Å². The first-order valence-electron chi connectivity index (χ1n) is 7.72. The van der Waals surface area contributed by atoms with Crippen molar-refractivity contribution in [1.82, 2.24) is 0 Å². The van der Waals surface area contributed by atoms with Crippen LogP contribution < -0.4 is 0 Å². The van der Waals surface area contributed by atoms with E-state index in [0.717, 1.165) is 18.4 Å². The van der Waals surface area contributed by atoms with Gasteiger partial charge in [0.1, 0.15) is 12.2 Å². The van der Waals surface area contributed by atoms with Gasteiger partial charge in [0.05, 0.1) is 17.6 Å². The summed E-state index contributed by atoms with van der Waals surface area (Å²) < 4.78 is 16.8. The summed E-state index contributed by atoms with van der Waals surface area (Å²) in [7, 11) is 0. The lowest BCUT2D eigenvalue weighted by atomic mass is 9.83. The van der Waals surface area contributed by atoms with Crippen LogP contribution in [0.2, 0.25) is 0 Å². The fourth-order valence-corrected chi connectivity index (χ4v) is 3.58. The van der Waals surface area contributed by atoms with Gasteiger partial charge in [0.25, 0.3) is 0 Å². The molecule has 120 valence electrons. The molecule has 3 rings (SSSR count). The molecule has 0 unspecified atom stereocenters. The third-order valence-corrected chi connectivity index (χ3v) is 4.87. The van der Waals surface area contributed by atoms with Gasteiger partial charge in [-0.1, -0.05) is 12.2 Å². The van der Waals surface area contributed by atoms with E-state index in [-0.39, 0.29) is 29.7 Å². The summed E-state index contributed by atoms with van der Waals surface area (Å²) >= 11 is 0. The number of epoxide rings is 1. The predicted octanol–water partition coefficient (Wildman–Crippen LogP) is 2.30. The number of ether oxygens (including phenoxy) is 3. The monoisotopic (exact) mass is 306 g/mol. The molecular formula is C17H22O5. The molecule has 0 radical (unpaired) electrons. The standard InChI is InChI=1S/C17H22O5/c1-9-5-6-14-17(4,22-14)8-13-15(10(2)16(19)21-13)12(7-9)20-11(3)18/h7,12-15H,2,5-6,8H2,1,3-4H3/b9-7-/t12-,13+,14-,15+,17-/m1/s1. The molecule has 5 heteroatoms. The molecule has 2 fully saturated rings. The molecule has 5 atom stereocenters. The number of carbonyl (C=O) groups is 2. The maximum absolute atomic E-state index is 12.0. The second-order valence-electron chi connectivity index (χ2n) is 6.74. The van der Waals surface area contributed by atoms with Crippen molar-refractivity contribution in [3.05, 3.63) is 23.8 Å². The van der Waals surface area contributed by atoms with Gasteiger partial charge in [0.15, 0.2) is 0 Å². The highest BCUT2D eigenvalue weighted by atomic mass is 16.6. The Bertz CT molecular complexity index is 563. The van der Waals surface area contributed by atoms with Gasteiger partial charge < -0.3 is 14.2 Å². The van der Waals surface area contributed by atoms with Crippen LogP contribution in [0.5, 0.6) is 0 Å².